The van der Waals surface area contributed by atoms with Gasteiger partial charge in [-0.3, -0.25) is 4.90 Å². The summed E-state index contributed by atoms with van der Waals surface area (Å²) < 4.78 is 5.51. The minimum absolute atomic E-state index is 0.801. The fourth-order valence-electron chi connectivity index (χ4n) is 4.08. The Kier molecular flexibility index (Phi) is 3.55. The maximum absolute atomic E-state index is 5.51. The van der Waals surface area contributed by atoms with Crippen LogP contribution in [0.5, 0.6) is 0 Å². The molecule has 4 aliphatic rings. The van der Waals surface area contributed by atoms with Gasteiger partial charge >= 0.3 is 0 Å². The number of rotatable bonds is 4. The minimum atomic E-state index is 0.801. The molecule has 19 heavy (non-hydrogen) atoms. The molecule has 2 heterocycles. The third-order valence-electron chi connectivity index (χ3n) is 5.68. The summed E-state index contributed by atoms with van der Waals surface area (Å²) in [5, 5.41) is 3.85. The van der Waals surface area contributed by atoms with E-state index < -0.39 is 0 Å². The second-order valence-electron chi connectivity index (χ2n) is 7.27. The molecule has 2 saturated carbocycles. The van der Waals surface area contributed by atoms with Gasteiger partial charge in [-0.05, 0) is 56.3 Å². The average molecular weight is 264 g/mol. The topological polar surface area (TPSA) is 24.5 Å². The van der Waals surface area contributed by atoms with Gasteiger partial charge in [-0.1, -0.05) is 0 Å². The molecule has 2 saturated heterocycles. The van der Waals surface area contributed by atoms with E-state index in [4.69, 9.17) is 4.74 Å². The molecule has 0 spiro atoms. The minimum Gasteiger partial charge on any atom is -0.381 e. The van der Waals surface area contributed by atoms with Crippen LogP contribution in [0.2, 0.25) is 0 Å². The largest absolute Gasteiger partial charge is 0.381 e. The standard InChI is InChI=1S/C16H28N2O/c1-2-13(1)15-11-18(10-12-5-7-19-8-6-12)16(9-17-15)14-3-4-14/h12-17H,1-11H2. The third-order valence-corrected chi connectivity index (χ3v) is 5.68. The lowest BCUT2D eigenvalue weighted by Gasteiger charge is -2.43. The van der Waals surface area contributed by atoms with Gasteiger partial charge < -0.3 is 10.1 Å². The van der Waals surface area contributed by atoms with Crippen molar-refractivity contribution in [3.8, 4) is 0 Å². The van der Waals surface area contributed by atoms with Crippen LogP contribution in [0.4, 0.5) is 0 Å². The lowest BCUT2D eigenvalue weighted by Crippen LogP contribution is -2.59. The summed E-state index contributed by atoms with van der Waals surface area (Å²) in [5.74, 6) is 2.90. The number of hydrogen-bond acceptors (Lipinski definition) is 3. The molecule has 3 nitrogen and oxygen atoms in total. The highest BCUT2D eigenvalue weighted by Crippen LogP contribution is 2.40. The molecule has 108 valence electrons. The Morgan fingerprint density at radius 2 is 1.68 bits per heavy atom. The van der Waals surface area contributed by atoms with Crippen molar-refractivity contribution in [3.63, 3.8) is 0 Å². The summed E-state index contributed by atoms with van der Waals surface area (Å²) in [5.41, 5.74) is 0. The average Bonchev–Trinajstić information content (AvgIpc) is 3.30. The van der Waals surface area contributed by atoms with Crippen LogP contribution in [0.3, 0.4) is 0 Å². The van der Waals surface area contributed by atoms with Crippen LogP contribution in [-0.4, -0.2) is 49.8 Å². The molecule has 2 unspecified atom stereocenters. The van der Waals surface area contributed by atoms with E-state index in [2.05, 4.69) is 10.2 Å². The highest BCUT2D eigenvalue weighted by atomic mass is 16.5. The van der Waals surface area contributed by atoms with E-state index in [1.807, 2.05) is 0 Å². The summed E-state index contributed by atoms with van der Waals surface area (Å²) in [7, 11) is 0. The van der Waals surface area contributed by atoms with E-state index in [0.29, 0.717) is 0 Å². The Labute approximate surface area is 117 Å². The molecule has 0 aromatic heterocycles. The summed E-state index contributed by atoms with van der Waals surface area (Å²) in [6.07, 6.45) is 8.47. The zero-order chi connectivity index (χ0) is 12.7. The van der Waals surface area contributed by atoms with Gasteiger partial charge in [0.25, 0.3) is 0 Å². The van der Waals surface area contributed by atoms with E-state index in [-0.39, 0.29) is 0 Å². The quantitative estimate of drug-likeness (QED) is 0.839. The summed E-state index contributed by atoms with van der Waals surface area (Å²) in [6, 6.07) is 1.65. The Morgan fingerprint density at radius 3 is 2.37 bits per heavy atom. The van der Waals surface area contributed by atoms with Crippen LogP contribution in [0.15, 0.2) is 0 Å². The predicted octanol–water partition coefficient (Wildman–Crippen LogP) is 1.88. The SMILES string of the molecule is C1CC(CN2CC(C3CC3)NCC2C2CC2)CCO1. The number of ether oxygens (including phenoxy) is 1. The van der Waals surface area contributed by atoms with Gasteiger partial charge in [0.05, 0.1) is 0 Å². The Bertz CT molecular complexity index is 308. The van der Waals surface area contributed by atoms with Gasteiger partial charge in [0.15, 0.2) is 0 Å². The van der Waals surface area contributed by atoms with Crippen molar-refractivity contribution in [2.45, 2.75) is 50.6 Å². The van der Waals surface area contributed by atoms with Crippen molar-refractivity contribution in [2.24, 2.45) is 17.8 Å². The van der Waals surface area contributed by atoms with E-state index >= 15 is 0 Å². The lowest BCUT2D eigenvalue weighted by atomic mass is 9.95. The van der Waals surface area contributed by atoms with E-state index in [1.54, 1.807) is 0 Å². The highest BCUT2D eigenvalue weighted by molar-refractivity contribution is 4.99. The van der Waals surface area contributed by atoms with Crippen molar-refractivity contribution in [1.82, 2.24) is 10.2 Å². The van der Waals surface area contributed by atoms with Gasteiger partial charge in [-0.15, -0.1) is 0 Å². The molecule has 4 fully saturated rings. The second-order valence-corrected chi connectivity index (χ2v) is 7.27. The Hall–Kier alpha value is -0.120. The normalized spacial score (nSPS) is 38.5. The molecule has 0 aromatic carbocycles. The van der Waals surface area contributed by atoms with Crippen molar-refractivity contribution in [2.75, 3.05) is 32.8 Å². The number of piperazine rings is 1. The molecular formula is C16H28N2O. The fourth-order valence-corrected chi connectivity index (χ4v) is 4.08. The maximum Gasteiger partial charge on any atom is 0.0469 e. The second kappa shape index (κ2) is 5.34. The van der Waals surface area contributed by atoms with Crippen LogP contribution in [0.25, 0.3) is 0 Å². The molecule has 1 N–H and O–H groups in total. The smallest absolute Gasteiger partial charge is 0.0469 e. The third kappa shape index (κ3) is 2.98. The van der Waals surface area contributed by atoms with Crippen molar-refractivity contribution >= 4 is 0 Å². The van der Waals surface area contributed by atoms with E-state index in [9.17, 15) is 0 Å². The van der Waals surface area contributed by atoms with Crippen LogP contribution >= 0.6 is 0 Å². The van der Waals surface area contributed by atoms with Crippen LogP contribution in [0.1, 0.15) is 38.5 Å². The van der Waals surface area contributed by atoms with Gasteiger partial charge in [0, 0.05) is 44.9 Å². The van der Waals surface area contributed by atoms with Crippen molar-refractivity contribution in [1.29, 1.82) is 0 Å². The Balaban J connectivity index is 1.38. The van der Waals surface area contributed by atoms with Crippen LogP contribution in [-0.2, 0) is 4.74 Å². The zero-order valence-corrected chi connectivity index (χ0v) is 12.0. The molecule has 2 aliphatic heterocycles. The van der Waals surface area contributed by atoms with Gasteiger partial charge in [-0.25, -0.2) is 0 Å². The number of hydrogen-bond donors (Lipinski definition) is 1. The summed E-state index contributed by atoms with van der Waals surface area (Å²) in [6.45, 7) is 5.92. The van der Waals surface area contributed by atoms with E-state index in [0.717, 1.165) is 43.1 Å². The molecule has 3 heteroatoms. The molecule has 0 amide bonds. The maximum atomic E-state index is 5.51. The van der Waals surface area contributed by atoms with Gasteiger partial charge in [0.1, 0.15) is 0 Å². The van der Waals surface area contributed by atoms with Crippen LogP contribution < -0.4 is 5.32 Å². The number of nitrogens with one attached hydrogen (secondary N) is 1. The first-order valence-electron chi connectivity index (χ1n) is 8.45. The summed E-state index contributed by atoms with van der Waals surface area (Å²) >= 11 is 0. The molecule has 2 aliphatic carbocycles. The lowest BCUT2D eigenvalue weighted by molar-refractivity contribution is 0.0303. The first-order valence-corrected chi connectivity index (χ1v) is 8.45. The molecule has 0 aromatic rings. The monoisotopic (exact) mass is 264 g/mol. The summed E-state index contributed by atoms with van der Waals surface area (Å²) in [4.78, 5) is 2.87. The molecule has 4 rings (SSSR count). The number of nitrogens with zero attached hydrogens (tertiary/aromatic N) is 1. The predicted molar refractivity (Wildman–Crippen MR) is 76.1 cm³/mol. The zero-order valence-electron chi connectivity index (χ0n) is 12.0. The molecule has 0 bridgehead atoms. The first-order chi connectivity index (χ1) is 9.40. The Morgan fingerprint density at radius 1 is 0.947 bits per heavy atom. The molecule has 0 radical (unpaired) electrons. The fraction of sp³-hybridized carbons (Fsp3) is 1.00. The molecular weight excluding hydrogens is 236 g/mol. The molecule has 2 atom stereocenters. The first kappa shape index (κ1) is 12.6. The van der Waals surface area contributed by atoms with E-state index in [1.165, 1.54) is 58.2 Å². The van der Waals surface area contributed by atoms with Gasteiger partial charge in [-0.2, -0.15) is 0 Å². The highest BCUT2D eigenvalue weighted by Gasteiger charge is 2.42. The van der Waals surface area contributed by atoms with Crippen LogP contribution in [0, 0.1) is 17.8 Å². The van der Waals surface area contributed by atoms with Crippen molar-refractivity contribution in [3.05, 3.63) is 0 Å². The van der Waals surface area contributed by atoms with Crippen molar-refractivity contribution < 1.29 is 4.74 Å². The van der Waals surface area contributed by atoms with Gasteiger partial charge in [0.2, 0.25) is 0 Å².